The number of nitrogens with zero attached hydrogens (tertiary/aromatic N) is 4. The summed E-state index contributed by atoms with van der Waals surface area (Å²) < 4.78 is 0.727. The number of nitrogens with one attached hydrogen (secondary N) is 1. The van der Waals surface area contributed by atoms with E-state index in [0.717, 1.165) is 54.0 Å². The van der Waals surface area contributed by atoms with Gasteiger partial charge in [0, 0.05) is 60.3 Å². The molecule has 0 atom stereocenters. The lowest BCUT2D eigenvalue weighted by Gasteiger charge is -2.35. The van der Waals surface area contributed by atoms with Gasteiger partial charge in [-0.15, -0.1) is 11.3 Å². The van der Waals surface area contributed by atoms with Crippen LogP contribution < -0.4 is 10.2 Å². The van der Waals surface area contributed by atoms with Crippen molar-refractivity contribution in [3.63, 3.8) is 0 Å². The number of amides is 1. The predicted molar refractivity (Wildman–Crippen MR) is 138 cm³/mol. The summed E-state index contributed by atoms with van der Waals surface area (Å²) in [4.78, 5) is 33.7. The Morgan fingerprint density at radius 3 is 2.56 bits per heavy atom. The van der Waals surface area contributed by atoms with E-state index in [0.29, 0.717) is 10.6 Å². The van der Waals surface area contributed by atoms with Gasteiger partial charge in [0.2, 0.25) is 0 Å². The molecule has 34 heavy (non-hydrogen) atoms. The lowest BCUT2D eigenvalue weighted by Crippen LogP contribution is -2.46. The number of aryl methyl sites for hydroxylation is 2. The highest BCUT2D eigenvalue weighted by Gasteiger charge is 2.21. The van der Waals surface area contributed by atoms with E-state index in [-0.39, 0.29) is 17.2 Å². The van der Waals surface area contributed by atoms with Crippen molar-refractivity contribution in [2.75, 3.05) is 42.9 Å². The Morgan fingerprint density at radius 1 is 1.18 bits per heavy atom. The topological polar surface area (TPSA) is 91.6 Å². The minimum Gasteiger partial charge on any atom is -0.369 e. The Hall–Kier alpha value is -2.95. The first-order valence-corrected chi connectivity index (χ1v) is 12.8. The molecule has 0 spiro atoms. The van der Waals surface area contributed by atoms with Gasteiger partial charge in [-0.1, -0.05) is 18.7 Å². The summed E-state index contributed by atoms with van der Waals surface area (Å²) >= 11 is 2.67. The molecule has 0 radical (unpaired) electrons. The number of likely N-dealkylation sites (N-methyl/N-ethyl adjacent to an activating group) is 1. The van der Waals surface area contributed by atoms with Crippen LogP contribution in [-0.4, -0.2) is 53.4 Å². The fourth-order valence-corrected chi connectivity index (χ4v) is 5.74. The van der Waals surface area contributed by atoms with Crippen LogP contribution in [0.25, 0.3) is 0 Å². The van der Waals surface area contributed by atoms with Gasteiger partial charge in [0.05, 0.1) is 9.82 Å². The Labute approximate surface area is 207 Å². The normalized spacial score (nSPS) is 14.3. The molecule has 8 nitrogen and oxygen atoms in total. The van der Waals surface area contributed by atoms with Crippen molar-refractivity contribution in [3.05, 3.63) is 68.7 Å². The molecule has 1 fully saturated rings. The average molecular weight is 498 g/mol. The third kappa shape index (κ3) is 5.57. The maximum absolute atomic E-state index is 12.9. The minimum atomic E-state index is -0.460. The van der Waals surface area contributed by atoms with Gasteiger partial charge in [-0.25, -0.2) is 4.98 Å². The van der Waals surface area contributed by atoms with E-state index in [2.05, 4.69) is 33.1 Å². The van der Waals surface area contributed by atoms with Gasteiger partial charge in [0.15, 0.2) is 4.34 Å². The Balaban J connectivity index is 1.47. The molecule has 0 aliphatic carbocycles. The van der Waals surface area contributed by atoms with Crippen molar-refractivity contribution in [1.82, 2.24) is 9.88 Å². The van der Waals surface area contributed by atoms with Crippen LogP contribution >= 0.6 is 23.1 Å². The molecular formula is C24H27N5O3S2. The Bertz CT molecular complexity index is 1210. The van der Waals surface area contributed by atoms with E-state index in [1.807, 2.05) is 31.4 Å². The molecule has 1 aromatic heterocycles. The van der Waals surface area contributed by atoms with Gasteiger partial charge in [-0.3, -0.25) is 14.9 Å². The third-order valence-electron chi connectivity index (χ3n) is 5.86. The first-order chi connectivity index (χ1) is 16.3. The predicted octanol–water partition coefficient (Wildman–Crippen LogP) is 5.21. The molecule has 0 saturated carbocycles. The Kier molecular flexibility index (Phi) is 7.50. The van der Waals surface area contributed by atoms with Crippen LogP contribution in [-0.2, 0) is 0 Å². The van der Waals surface area contributed by atoms with Crippen LogP contribution in [0.15, 0.2) is 51.0 Å². The number of carbonyl (C=O) groups excluding carboxylic acids is 1. The van der Waals surface area contributed by atoms with Crippen molar-refractivity contribution in [3.8, 4) is 0 Å². The largest absolute Gasteiger partial charge is 0.369 e. The molecule has 1 aliphatic rings. The van der Waals surface area contributed by atoms with E-state index >= 15 is 0 Å². The zero-order valence-electron chi connectivity index (χ0n) is 19.4. The van der Waals surface area contributed by atoms with Gasteiger partial charge >= 0.3 is 0 Å². The highest BCUT2D eigenvalue weighted by molar-refractivity contribution is 8.01. The van der Waals surface area contributed by atoms with E-state index in [4.69, 9.17) is 0 Å². The molecule has 0 bridgehead atoms. The summed E-state index contributed by atoms with van der Waals surface area (Å²) in [5.41, 5.74) is 3.79. The molecule has 1 saturated heterocycles. The monoisotopic (exact) mass is 497 g/mol. The van der Waals surface area contributed by atoms with Crippen LogP contribution in [0.2, 0.25) is 0 Å². The van der Waals surface area contributed by atoms with E-state index in [1.165, 1.54) is 29.2 Å². The van der Waals surface area contributed by atoms with E-state index < -0.39 is 4.92 Å². The number of thiazole rings is 1. The standard InChI is InChI=1S/C24H27N5O3S2/c1-4-27-9-11-28(12-10-27)19-6-7-20(16(2)13-19)26-23(30)18-5-8-22(21(14-18)29(31)32)34-24-25-17(3)15-33-24/h5-8,13-15H,4,9-12H2,1-3H3,(H,26,30). The van der Waals surface area contributed by atoms with Crippen molar-refractivity contribution in [2.45, 2.75) is 30.0 Å². The van der Waals surface area contributed by atoms with Gasteiger partial charge < -0.3 is 15.1 Å². The number of hydrogen-bond acceptors (Lipinski definition) is 8. The summed E-state index contributed by atoms with van der Waals surface area (Å²) in [6, 6.07) is 10.5. The maximum Gasteiger partial charge on any atom is 0.284 e. The highest BCUT2D eigenvalue weighted by atomic mass is 32.2. The Morgan fingerprint density at radius 2 is 1.94 bits per heavy atom. The number of nitro benzene ring substituents is 1. The summed E-state index contributed by atoms with van der Waals surface area (Å²) in [6.45, 7) is 11.1. The molecule has 178 valence electrons. The average Bonchev–Trinajstić information content (AvgIpc) is 3.24. The second-order valence-corrected chi connectivity index (χ2v) is 10.3. The second kappa shape index (κ2) is 10.5. The lowest BCUT2D eigenvalue weighted by atomic mass is 10.1. The molecule has 1 aliphatic heterocycles. The molecular weight excluding hydrogens is 470 g/mol. The SMILES string of the molecule is CCN1CCN(c2ccc(NC(=O)c3ccc(Sc4nc(C)cs4)c([N+](=O)[O-])c3)c(C)c2)CC1. The fourth-order valence-electron chi connectivity index (χ4n) is 3.86. The van der Waals surface area contributed by atoms with Crippen LogP contribution in [0.5, 0.6) is 0 Å². The zero-order valence-corrected chi connectivity index (χ0v) is 21.0. The summed E-state index contributed by atoms with van der Waals surface area (Å²) in [7, 11) is 0. The minimum absolute atomic E-state index is 0.108. The van der Waals surface area contributed by atoms with Gasteiger partial charge in [0.25, 0.3) is 11.6 Å². The number of hydrogen-bond donors (Lipinski definition) is 1. The molecule has 3 aromatic rings. The van der Waals surface area contributed by atoms with E-state index in [1.54, 1.807) is 12.1 Å². The van der Waals surface area contributed by atoms with Crippen molar-refractivity contribution >= 4 is 46.1 Å². The second-order valence-electron chi connectivity index (χ2n) is 8.17. The number of rotatable bonds is 7. The van der Waals surface area contributed by atoms with Crippen molar-refractivity contribution in [2.24, 2.45) is 0 Å². The third-order valence-corrected chi connectivity index (χ3v) is 7.98. The number of anilines is 2. The lowest BCUT2D eigenvalue weighted by molar-refractivity contribution is -0.387. The number of benzene rings is 2. The van der Waals surface area contributed by atoms with Crippen LogP contribution in [0.1, 0.15) is 28.5 Å². The summed E-state index contributed by atoms with van der Waals surface area (Å²) in [6.07, 6.45) is 0. The molecule has 0 unspecified atom stereocenters. The zero-order chi connectivity index (χ0) is 24.2. The van der Waals surface area contributed by atoms with Crippen LogP contribution in [0, 0.1) is 24.0 Å². The van der Waals surface area contributed by atoms with Crippen LogP contribution in [0.4, 0.5) is 17.1 Å². The number of nitro groups is 1. The number of carbonyl (C=O) groups is 1. The van der Waals surface area contributed by atoms with Gasteiger partial charge in [-0.2, -0.15) is 0 Å². The quantitative estimate of drug-likeness (QED) is 0.354. The van der Waals surface area contributed by atoms with Crippen molar-refractivity contribution < 1.29 is 9.72 Å². The smallest absolute Gasteiger partial charge is 0.284 e. The van der Waals surface area contributed by atoms with Crippen LogP contribution in [0.3, 0.4) is 0 Å². The fraction of sp³-hybridized carbons (Fsp3) is 0.333. The van der Waals surface area contributed by atoms with Gasteiger partial charge in [-0.05, 0) is 56.3 Å². The van der Waals surface area contributed by atoms with Gasteiger partial charge in [0.1, 0.15) is 0 Å². The van der Waals surface area contributed by atoms with E-state index in [9.17, 15) is 14.9 Å². The first-order valence-electron chi connectivity index (χ1n) is 11.1. The number of aromatic nitrogens is 1. The molecule has 1 amide bonds. The molecule has 4 rings (SSSR count). The summed E-state index contributed by atoms with van der Waals surface area (Å²) in [5, 5.41) is 16.5. The number of piperazine rings is 1. The maximum atomic E-state index is 12.9. The molecule has 10 heteroatoms. The summed E-state index contributed by atoms with van der Waals surface area (Å²) in [5.74, 6) is -0.378. The molecule has 2 heterocycles. The highest BCUT2D eigenvalue weighted by Crippen LogP contribution is 2.37. The molecule has 2 aromatic carbocycles. The van der Waals surface area contributed by atoms with Crippen molar-refractivity contribution in [1.29, 1.82) is 0 Å². The molecule has 1 N–H and O–H groups in total. The first kappa shape index (κ1) is 24.2.